The van der Waals surface area contributed by atoms with Gasteiger partial charge in [0.1, 0.15) is 0 Å². The molecule has 1 aliphatic carbocycles. The molecule has 94 valence electrons. The second kappa shape index (κ2) is 5.13. The quantitative estimate of drug-likeness (QED) is 0.833. The Morgan fingerprint density at radius 1 is 1.18 bits per heavy atom. The average molecular weight is 240 g/mol. The first-order chi connectivity index (χ1) is 8.09. The summed E-state index contributed by atoms with van der Waals surface area (Å²) in [7, 11) is 0. The van der Waals surface area contributed by atoms with Crippen LogP contribution in [0.15, 0.2) is 18.2 Å². The van der Waals surface area contributed by atoms with Gasteiger partial charge in [-0.1, -0.05) is 31.9 Å². The number of hydrogen-bond donors (Lipinski definition) is 1. The molecule has 1 aromatic carbocycles. The first-order valence-corrected chi connectivity index (χ1v) is 6.21. The molecule has 0 heterocycles. The molecule has 0 radical (unpaired) electrons. The van der Waals surface area contributed by atoms with Crippen LogP contribution in [-0.4, -0.2) is 5.11 Å². The molecule has 0 saturated heterocycles. The monoisotopic (exact) mass is 240 g/mol. The lowest BCUT2D eigenvalue weighted by molar-refractivity contribution is 0.0720. The largest absolute Gasteiger partial charge is 0.388 e. The molecule has 1 unspecified atom stereocenters. The van der Waals surface area contributed by atoms with Crippen molar-refractivity contribution in [3.8, 4) is 0 Å². The van der Waals surface area contributed by atoms with E-state index in [4.69, 9.17) is 0 Å². The number of rotatable bonds is 2. The minimum atomic E-state index is -0.904. The molecular weight excluding hydrogens is 222 g/mol. The summed E-state index contributed by atoms with van der Waals surface area (Å²) in [4.78, 5) is 0. The van der Waals surface area contributed by atoms with Gasteiger partial charge in [0.05, 0.1) is 6.10 Å². The Labute approximate surface area is 100 Å². The van der Waals surface area contributed by atoms with Crippen molar-refractivity contribution in [1.29, 1.82) is 0 Å². The fourth-order valence-corrected chi connectivity index (χ4v) is 2.60. The molecule has 0 aliphatic heterocycles. The van der Waals surface area contributed by atoms with Crippen LogP contribution in [0.1, 0.15) is 44.3 Å². The van der Waals surface area contributed by atoms with Gasteiger partial charge in [-0.3, -0.25) is 0 Å². The van der Waals surface area contributed by atoms with Crippen molar-refractivity contribution >= 4 is 0 Å². The van der Waals surface area contributed by atoms with Gasteiger partial charge in [0.25, 0.3) is 0 Å². The van der Waals surface area contributed by atoms with Gasteiger partial charge in [-0.2, -0.15) is 0 Å². The molecule has 0 aromatic heterocycles. The highest BCUT2D eigenvalue weighted by atomic mass is 19.2. The third kappa shape index (κ3) is 2.65. The predicted octanol–water partition coefficient (Wildman–Crippen LogP) is 3.82. The van der Waals surface area contributed by atoms with Crippen LogP contribution < -0.4 is 0 Å². The van der Waals surface area contributed by atoms with Crippen molar-refractivity contribution in [2.75, 3.05) is 0 Å². The first kappa shape index (κ1) is 12.5. The number of aliphatic hydroxyl groups excluding tert-OH is 1. The lowest BCUT2D eigenvalue weighted by Crippen LogP contribution is -2.20. The van der Waals surface area contributed by atoms with E-state index < -0.39 is 17.7 Å². The normalized spacial score (nSPS) is 26.8. The maximum absolute atomic E-state index is 13.5. The Balaban J connectivity index is 2.14. The summed E-state index contributed by atoms with van der Waals surface area (Å²) >= 11 is 0. The van der Waals surface area contributed by atoms with Gasteiger partial charge in [0.2, 0.25) is 0 Å². The highest BCUT2D eigenvalue weighted by molar-refractivity contribution is 5.22. The third-order valence-electron chi connectivity index (χ3n) is 3.81. The van der Waals surface area contributed by atoms with Crippen LogP contribution in [0.5, 0.6) is 0 Å². The molecular formula is C14H18F2O. The standard InChI is InChI=1S/C14H18F2O/c1-9-5-7-10(8-6-9)14(17)11-3-2-4-12(15)13(11)16/h2-4,9-10,14,17H,5-8H2,1H3. The van der Waals surface area contributed by atoms with Crippen LogP contribution in [0.3, 0.4) is 0 Å². The van der Waals surface area contributed by atoms with E-state index in [2.05, 4.69) is 6.92 Å². The fourth-order valence-electron chi connectivity index (χ4n) is 2.60. The number of halogens is 2. The maximum atomic E-state index is 13.5. The molecule has 1 N–H and O–H groups in total. The van der Waals surface area contributed by atoms with Gasteiger partial charge in [0, 0.05) is 5.56 Å². The van der Waals surface area contributed by atoms with E-state index in [9.17, 15) is 13.9 Å². The average Bonchev–Trinajstić information content (AvgIpc) is 2.33. The Bertz CT molecular complexity index is 384. The van der Waals surface area contributed by atoms with Crippen LogP contribution in [0.25, 0.3) is 0 Å². The molecule has 1 aromatic rings. The summed E-state index contributed by atoms with van der Waals surface area (Å²) in [6.45, 7) is 2.19. The zero-order valence-corrected chi connectivity index (χ0v) is 10.00. The molecule has 1 fully saturated rings. The second-order valence-corrected chi connectivity index (χ2v) is 5.11. The first-order valence-electron chi connectivity index (χ1n) is 6.21. The molecule has 0 amide bonds. The van der Waals surface area contributed by atoms with Gasteiger partial charge in [-0.25, -0.2) is 8.78 Å². The van der Waals surface area contributed by atoms with Gasteiger partial charge in [-0.15, -0.1) is 0 Å². The molecule has 1 saturated carbocycles. The van der Waals surface area contributed by atoms with Crippen molar-refractivity contribution in [3.63, 3.8) is 0 Å². The number of hydrogen-bond acceptors (Lipinski definition) is 1. The van der Waals surface area contributed by atoms with Crippen LogP contribution in [0.2, 0.25) is 0 Å². The van der Waals surface area contributed by atoms with E-state index in [1.54, 1.807) is 0 Å². The third-order valence-corrected chi connectivity index (χ3v) is 3.81. The van der Waals surface area contributed by atoms with E-state index in [0.29, 0.717) is 5.92 Å². The molecule has 17 heavy (non-hydrogen) atoms. The van der Waals surface area contributed by atoms with Gasteiger partial charge < -0.3 is 5.11 Å². The van der Waals surface area contributed by atoms with Crippen molar-refractivity contribution < 1.29 is 13.9 Å². The zero-order valence-electron chi connectivity index (χ0n) is 10.00. The van der Waals surface area contributed by atoms with E-state index in [1.807, 2.05) is 0 Å². The lowest BCUT2D eigenvalue weighted by atomic mass is 9.78. The Kier molecular flexibility index (Phi) is 3.77. The predicted molar refractivity (Wildman–Crippen MR) is 62.4 cm³/mol. The highest BCUT2D eigenvalue weighted by Crippen LogP contribution is 2.37. The van der Waals surface area contributed by atoms with Crippen LogP contribution in [0.4, 0.5) is 8.78 Å². The summed E-state index contributed by atoms with van der Waals surface area (Å²) in [5.74, 6) is -1.05. The summed E-state index contributed by atoms with van der Waals surface area (Å²) in [6, 6.07) is 4.00. The van der Waals surface area contributed by atoms with Crippen molar-refractivity contribution in [3.05, 3.63) is 35.4 Å². The second-order valence-electron chi connectivity index (χ2n) is 5.11. The minimum Gasteiger partial charge on any atom is -0.388 e. The molecule has 0 bridgehead atoms. The molecule has 0 spiro atoms. The summed E-state index contributed by atoms with van der Waals surface area (Å²) < 4.78 is 26.6. The van der Waals surface area contributed by atoms with Gasteiger partial charge in [-0.05, 0) is 30.7 Å². The molecule has 1 nitrogen and oxygen atoms in total. The SMILES string of the molecule is CC1CCC(C(O)c2cccc(F)c2F)CC1. The Morgan fingerprint density at radius 3 is 2.47 bits per heavy atom. The number of aliphatic hydroxyl groups is 1. The highest BCUT2D eigenvalue weighted by Gasteiger charge is 2.28. The van der Waals surface area contributed by atoms with Crippen LogP contribution in [-0.2, 0) is 0 Å². The molecule has 1 aliphatic rings. The summed E-state index contributed by atoms with van der Waals surface area (Å²) in [5, 5.41) is 10.1. The molecule has 2 rings (SSSR count). The fraction of sp³-hybridized carbons (Fsp3) is 0.571. The zero-order chi connectivity index (χ0) is 12.4. The Hall–Kier alpha value is -0.960. The van der Waals surface area contributed by atoms with Crippen molar-refractivity contribution in [2.45, 2.75) is 38.7 Å². The van der Waals surface area contributed by atoms with Gasteiger partial charge in [0.15, 0.2) is 11.6 Å². The van der Waals surface area contributed by atoms with E-state index in [1.165, 1.54) is 12.1 Å². The summed E-state index contributed by atoms with van der Waals surface area (Å²) in [6.07, 6.45) is 3.01. The number of benzene rings is 1. The maximum Gasteiger partial charge on any atom is 0.164 e. The van der Waals surface area contributed by atoms with Crippen molar-refractivity contribution in [2.24, 2.45) is 11.8 Å². The van der Waals surface area contributed by atoms with E-state index >= 15 is 0 Å². The summed E-state index contributed by atoms with van der Waals surface area (Å²) in [5.41, 5.74) is 0.101. The molecule has 3 heteroatoms. The minimum absolute atomic E-state index is 0.0579. The van der Waals surface area contributed by atoms with Gasteiger partial charge >= 0.3 is 0 Å². The van der Waals surface area contributed by atoms with Crippen molar-refractivity contribution in [1.82, 2.24) is 0 Å². The topological polar surface area (TPSA) is 20.2 Å². The van der Waals surface area contributed by atoms with Crippen LogP contribution >= 0.6 is 0 Å². The van der Waals surface area contributed by atoms with E-state index in [0.717, 1.165) is 31.7 Å². The Morgan fingerprint density at radius 2 is 1.82 bits per heavy atom. The van der Waals surface area contributed by atoms with E-state index in [-0.39, 0.29) is 11.5 Å². The molecule has 1 atom stereocenters. The van der Waals surface area contributed by atoms with Crippen LogP contribution in [0, 0.1) is 23.5 Å². The lowest BCUT2D eigenvalue weighted by Gasteiger charge is -2.30. The smallest absolute Gasteiger partial charge is 0.164 e.